The van der Waals surface area contributed by atoms with Crippen molar-refractivity contribution in [1.82, 2.24) is 0 Å². The van der Waals surface area contributed by atoms with Crippen LogP contribution in [0.4, 0.5) is 11.4 Å². The highest BCUT2D eigenvalue weighted by Gasteiger charge is 2.24. The maximum Gasteiger partial charge on any atom is 0.248 e. The third-order valence-corrected chi connectivity index (χ3v) is 5.07. The average molecular weight is 395 g/mol. The number of hydrogen-bond acceptors (Lipinski definition) is 4. The number of likely N-dealkylation sites (N-methyl/N-ethyl adjacent to an activating group) is 1. The van der Waals surface area contributed by atoms with Crippen LogP contribution in [-0.4, -0.2) is 36.8 Å². The Morgan fingerprint density at radius 2 is 1.97 bits per heavy atom. The van der Waals surface area contributed by atoms with E-state index < -0.39 is 0 Å². The molecule has 29 heavy (non-hydrogen) atoms. The Hall–Kier alpha value is -2.79. The molecule has 0 spiro atoms. The second kappa shape index (κ2) is 8.70. The second-order valence-corrected chi connectivity index (χ2v) is 8.34. The van der Waals surface area contributed by atoms with Crippen molar-refractivity contribution in [1.29, 1.82) is 0 Å². The Balaban J connectivity index is 1.67. The lowest BCUT2D eigenvalue weighted by Gasteiger charge is -2.35. The number of amides is 1. The van der Waals surface area contributed by atoms with E-state index in [2.05, 4.69) is 50.0 Å². The lowest BCUT2D eigenvalue weighted by Crippen LogP contribution is -2.41. The molecule has 0 fully saturated rings. The van der Waals surface area contributed by atoms with E-state index in [0.717, 1.165) is 23.5 Å². The van der Waals surface area contributed by atoms with Crippen molar-refractivity contribution in [2.24, 2.45) is 0 Å². The number of anilines is 2. The molecule has 1 aliphatic rings. The van der Waals surface area contributed by atoms with Crippen molar-refractivity contribution in [2.75, 3.05) is 29.9 Å². The molecule has 1 amide bonds. The molecule has 154 valence electrons. The maximum absolute atomic E-state index is 12.4. The summed E-state index contributed by atoms with van der Waals surface area (Å²) in [7, 11) is 0. The molecule has 0 saturated heterocycles. The molecule has 0 bridgehead atoms. The minimum absolute atomic E-state index is 0.0179. The fraction of sp³-hybridized carbons (Fsp3) is 0.375. The summed E-state index contributed by atoms with van der Waals surface area (Å²) in [4.78, 5) is 14.5. The van der Waals surface area contributed by atoms with Crippen LogP contribution in [0, 0.1) is 0 Å². The molecule has 2 N–H and O–H groups in total. The first kappa shape index (κ1) is 20.9. The van der Waals surface area contributed by atoms with Crippen LogP contribution in [0.3, 0.4) is 0 Å². The number of benzene rings is 2. The standard InChI is InChI=1S/C24H30N2O3/c1-5-26-15-20(16-27)29-22-12-11-19(14-21(22)26)25-23(28)13-8-17-6-9-18(10-7-17)24(2,3)4/h6-14,20,27H,5,15-16H2,1-4H3,(H,25,28)/b13-8+. The van der Waals surface area contributed by atoms with Crippen LogP contribution >= 0.6 is 0 Å². The molecule has 0 radical (unpaired) electrons. The molecule has 0 saturated carbocycles. The van der Waals surface area contributed by atoms with Gasteiger partial charge in [-0.1, -0.05) is 45.0 Å². The Kier molecular flexibility index (Phi) is 6.28. The summed E-state index contributed by atoms with van der Waals surface area (Å²) in [6.45, 7) is 10.0. The smallest absolute Gasteiger partial charge is 0.248 e. The van der Waals surface area contributed by atoms with Gasteiger partial charge < -0.3 is 20.1 Å². The van der Waals surface area contributed by atoms with Crippen LogP contribution in [0.25, 0.3) is 6.08 Å². The number of rotatable bonds is 5. The third-order valence-electron chi connectivity index (χ3n) is 5.07. The van der Waals surface area contributed by atoms with Crippen molar-refractivity contribution in [3.63, 3.8) is 0 Å². The van der Waals surface area contributed by atoms with Crippen molar-refractivity contribution < 1.29 is 14.6 Å². The van der Waals surface area contributed by atoms with E-state index in [1.165, 1.54) is 5.56 Å². The topological polar surface area (TPSA) is 61.8 Å². The van der Waals surface area contributed by atoms with Crippen LogP contribution in [0.15, 0.2) is 48.5 Å². The Labute approximate surface area is 173 Å². The van der Waals surface area contributed by atoms with Gasteiger partial charge in [-0.15, -0.1) is 0 Å². The third kappa shape index (κ3) is 5.18. The summed E-state index contributed by atoms with van der Waals surface area (Å²) in [6, 6.07) is 13.8. The van der Waals surface area contributed by atoms with Crippen molar-refractivity contribution >= 4 is 23.4 Å². The summed E-state index contributed by atoms with van der Waals surface area (Å²) in [5.41, 5.74) is 4.00. The molecule has 3 rings (SSSR count). The fourth-order valence-corrected chi connectivity index (χ4v) is 3.35. The number of aliphatic hydroxyl groups excluding tert-OH is 1. The average Bonchev–Trinajstić information content (AvgIpc) is 2.71. The van der Waals surface area contributed by atoms with Crippen LogP contribution < -0.4 is 15.0 Å². The quantitative estimate of drug-likeness (QED) is 0.746. The molecule has 2 aromatic rings. The molecule has 1 unspecified atom stereocenters. The molecule has 5 nitrogen and oxygen atoms in total. The first-order chi connectivity index (χ1) is 13.8. The zero-order valence-corrected chi connectivity index (χ0v) is 17.6. The van der Waals surface area contributed by atoms with Gasteiger partial charge in [-0.05, 0) is 47.7 Å². The minimum atomic E-state index is -0.226. The fourth-order valence-electron chi connectivity index (χ4n) is 3.35. The van der Waals surface area contributed by atoms with Gasteiger partial charge in [-0.2, -0.15) is 0 Å². The van der Waals surface area contributed by atoms with Crippen LogP contribution in [0.1, 0.15) is 38.8 Å². The Bertz CT molecular complexity index is 882. The number of nitrogens with one attached hydrogen (secondary N) is 1. The summed E-state index contributed by atoms with van der Waals surface area (Å²) >= 11 is 0. The van der Waals surface area contributed by atoms with Gasteiger partial charge in [0.25, 0.3) is 0 Å². The molecule has 0 aliphatic carbocycles. The first-order valence-electron chi connectivity index (χ1n) is 10.1. The summed E-state index contributed by atoms with van der Waals surface area (Å²) in [5, 5.41) is 12.3. The van der Waals surface area contributed by atoms with E-state index in [0.29, 0.717) is 12.2 Å². The van der Waals surface area contributed by atoms with Crippen LogP contribution in [0.2, 0.25) is 0 Å². The lowest BCUT2D eigenvalue weighted by atomic mass is 9.87. The normalized spacial score (nSPS) is 16.4. The number of carbonyl (C=O) groups is 1. The van der Waals surface area contributed by atoms with Gasteiger partial charge in [0.05, 0.1) is 18.8 Å². The monoisotopic (exact) mass is 394 g/mol. The maximum atomic E-state index is 12.4. The van der Waals surface area contributed by atoms with Gasteiger partial charge in [0, 0.05) is 18.3 Å². The van der Waals surface area contributed by atoms with Crippen LogP contribution in [-0.2, 0) is 10.2 Å². The van der Waals surface area contributed by atoms with E-state index >= 15 is 0 Å². The molecule has 1 heterocycles. The summed E-state index contributed by atoms with van der Waals surface area (Å²) in [5.74, 6) is 0.544. The highest BCUT2D eigenvalue weighted by molar-refractivity contribution is 6.02. The van der Waals surface area contributed by atoms with Crippen molar-refractivity contribution in [3.8, 4) is 5.75 Å². The van der Waals surface area contributed by atoms with Gasteiger partial charge in [0.15, 0.2) is 0 Å². The molecule has 0 aromatic heterocycles. The molecular formula is C24H30N2O3. The number of fused-ring (bicyclic) bond motifs is 1. The highest BCUT2D eigenvalue weighted by Crippen LogP contribution is 2.35. The molecule has 1 aliphatic heterocycles. The van der Waals surface area contributed by atoms with Crippen molar-refractivity contribution in [2.45, 2.75) is 39.2 Å². The predicted octanol–water partition coefficient (Wildman–Crippen LogP) is 4.22. The van der Waals surface area contributed by atoms with Gasteiger partial charge in [0.1, 0.15) is 11.9 Å². The van der Waals surface area contributed by atoms with Crippen molar-refractivity contribution in [3.05, 3.63) is 59.7 Å². The highest BCUT2D eigenvalue weighted by atomic mass is 16.5. The minimum Gasteiger partial charge on any atom is -0.484 e. The van der Waals surface area contributed by atoms with E-state index in [-0.39, 0.29) is 24.0 Å². The van der Waals surface area contributed by atoms with E-state index in [9.17, 15) is 9.90 Å². The lowest BCUT2D eigenvalue weighted by molar-refractivity contribution is -0.111. The van der Waals surface area contributed by atoms with E-state index in [1.807, 2.05) is 36.4 Å². The summed E-state index contributed by atoms with van der Waals surface area (Å²) in [6.07, 6.45) is 3.13. The predicted molar refractivity (Wildman–Crippen MR) is 119 cm³/mol. The number of hydrogen-bond donors (Lipinski definition) is 2. The number of carbonyl (C=O) groups excluding carboxylic acids is 1. The largest absolute Gasteiger partial charge is 0.484 e. The number of ether oxygens (including phenoxy) is 1. The SMILES string of the molecule is CCN1CC(CO)Oc2ccc(NC(=O)/C=C/c3ccc(C(C)(C)C)cc3)cc21. The Morgan fingerprint density at radius 3 is 2.59 bits per heavy atom. The zero-order valence-electron chi connectivity index (χ0n) is 17.6. The molecule has 2 aromatic carbocycles. The Morgan fingerprint density at radius 1 is 1.24 bits per heavy atom. The van der Waals surface area contributed by atoms with Gasteiger partial charge in [0.2, 0.25) is 5.91 Å². The van der Waals surface area contributed by atoms with E-state index in [4.69, 9.17) is 4.74 Å². The zero-order chi connectivity index (χ0) is 21.0. The molecular weight excluding hydrogens is 364 g/mol. The first-order valence-corrected chi connectivity index (χ1v) is 10.1. The second-order valence-electron chi connectivity index (χ2n) is 8.34. The van der Waals surface area contributed by atoms with Gasteiger partial charge >= 0.3 is 0 Å². The van der Waals surface area contributed by atoms with Gasteiger partial charge in [-0.25, -0.2) is 0 Å². The van der Waals surface area contributed by atoms with Crippen LogP contribution in [0.5, 0.6) is 5.75 Å². The molecule has 1 atom stereocenters. The number of nitrogens with zero attached hydrogens (tertiary/aromatic N) is 1. The van der Waals surface area contributed by atoms with E-state index in [1.54, 1.807) is 6.08 Å². The number of aliphatic hydroxyl groups is 1. The molecule has 5 heteroatoms. The summed E-state index contributed by atoms with van der Waals surface area (Å²) < 4.78 is 5.79. The van der Waals surface area contributed by atoms with Gasteiger partial charge in [-0.3, -0.25) is 4.79 Å².